The van der Waals surface area contributed by atoms with Gasteiger partial charge in [0.2, 0.25) is 0 Å². The van der Waals surface area contributed by atoms with E-state index >= 15 is 0 Å². The number of hydrogen-bond acceptors (Lipinski definition) is 4. The summed E-state index contributed by atoms with van der Waals surface area (Å²) in [5.41, 5.74) is 1.16. The molecule has 0 spiro atoms. The van der Waals surface area contributed by atoms with E-state index in [4.69, 9.17) is 27.9 Å². The van der Waals surface area contributed by atoms with Gasteiger partial charge in [0.25, 0.3) is 5.56 Å². The lowest BCUT2D eigenvalue weighted by Gasteiger charge is -2.16. The minimum atomic E-state index is -0.849. The van der Waals surface area contributed by atoms with Gasteiger partial charge in [0.05, 0.1) is 11.9 Å². The van der Waals surface area contributed by atoms with Crippen molar-refractivity contribution in [3.8, 4) is 11.4 Å². The Bertz CT molecular complexity index is 1090. The lowest BCUT2D eigenvalue weighted by molar-refractivity contribution is 0.292. The Morgan fingerprint density at radius 3 is 2.56 bits per heavy atom. The summed E-state index contributed by atoms with van der Waals surface area (Å²) in [4.78, 5) is 20.3. The second-order valence-corrected chi connectivity index (χ2v) is 6.53. The topological polar surface area (TPSA) is 57.0 Å². The summed E-state index contributed by atoms with van der Waals surface area (Å²) in [6, 6.07) is 3.80. The van der Waals surface area contributed by atoms with Gasteiger partial charge in [0, 0.05) is 24.0 Å². The Kier molecular flexibility index (Phi) is 5.43. The second-order valence-electron chi connectivity index (χ2n) is 5.77. The van der Waals surface area contributed by atoms with Gasteiger partial charge < -0.3 is 4.74 Å². The maximum atomic E-state index is 13.7. The Morgan fingerprint density at radius 2 is 1.85 bits per heavy atom. The summed E-state index contributed by atoms with van der Waals surface area (Å²) in [5.74, 6) is -1.57. The van der Waals surface area contributed by atoms with Gasteiger partial charge in [-0.3, -0.25) is 14.3 Å². The minimum Gasteiger partial charge on any atom is -0.485 e. The van der Waals surface area contributed by atoms with Crippen LogP contribution in [0.3, 0.4) is 0 Å². The van der Waals surface area contributed by atoms with Crippen LogP contribution in [-0.4, -0.2) is 14.5 Å². The molecule has 9 heteroatoms. The smallest absolute Gasteiger partial charge is 0.277 e. The molecule has 0 saturated heterocycles. The van der Waals surface area contributed by atoms with E-state index < -0.39 is 17.2 Å². The maximum absolute atomic E-state index is 13.7. The van der Waals surface area contributed by atoms with Crippen LogP contribution in [0.1, 0.15) is 17.0 Å². The molecule has 0 aliphatic carbocycles. The normalized spacial score (nSPS) is 10.9. The van der Waals surface area contributed by atoms with E-state index in [9.17, 15) is 13.6 Å². The molecule has 0 atom stereocenters. The molecule has 3 aromatic rings. The molecule has 0 saturated carbocycles. The van der Waals surface area contributed by atoms with Crippen LogP contribution >= 0.6 is 23.2 Å². The van der Waals surface area contributed by atoms with E-state index in [1.807, 2.05) is 0 Å². The predicted molar refractivity (Wildman–Crippen MR) is 97.8 cm³/mol. The third-order valence-corrected chi connectivity index (χ3v) is 4.39. The molecule has 0 unspecified atom stereocenters. The summed E-state index contributed by atoms with van der Waals surface area (Å²) in [5, 5.41) is 0.0478. The Morgan fingerprint density at radius 1 is 1.11 bits per heavy atom. The molecule has 140 valence electrons. The van der Waals surface area contributed by atoms with Crippen molar-refractivity contribution in [2.75, 3.05) is 0 Å². The first kappa shape index (κ1) is 19.3. The molecule has 3 aromatic heterocycles. The number of aryl methyl sites for hydroxylation is 2. The highest BCUT2D eigenvalue weighted by atomic mass is 35.5. The van der Waals surface area contributed by atoms with Crippen molar-refractivity contribution >= 4 is 23.2 Å². The molecule has 27 heavy (non-hydrogen) atoms. The number of nitrogens with zero attached hydrogens (tertiary/aromatic N) is 3. The Labute approximate surface area is 163 Å². The molecule has 5 nitrogen and oxygen atoms in total. The number of aromatic nitrogens is 3. The lowest BCUT2D eigenvalue weighted by Crippen LogP contribution is -2.22. The van der Waals surface area contributed by atoms with E-state index in [1.54, 1.807) is 32.2 Å². The average molecular weight is 412 g/mol. The molecule has 3 heterocycles. The first-order valence-electron chi connectivity index (χ1n) is 7.75. The molecular formula is C18H13Cl2F2N3O2. The molecule has 0 bridgehead atoms. The predicted octanol–water partition coefficient (Wildman–Crippen LogP) is 4.41. The largest absolute Gasteiger partial charge is 0.485 e. The lowest BCUT2D eigenvalue weighted by atomic mass is 10.2. The fraction of sp³-hybridized carbons (Fsp3) is 0.167. The highest BCUT2D eigenvalue weighted by molar-refractivity contribution is 6.32. The van der Waals surface area contributed by atoms with Crippen molar-refractivity contribution in [2.45, 2.75) is 20.5 Å². The van der Waals surface area contributed by atoms with Crippen LogP contribution in [-0.2, 0) is 6.61 Å². The number of ether oxygens (including phenoxy) is 1. The molecule has 0 N–H and O–H groups in total. The maximum Gasteiger partial charge on any atom is 0.277 e. The fourth-order valence-corrected chi connectivity index (χ4v) is 2.86. The summed E-state index contributed by atoms with van der Waals surface area (Å²) >= 11 is 12.1. The Balaban J connectivity index is 1.98. The van der Waals surface area contributed by atoms with Crippen molar-refractivity contribution in [3.63, 3.8) is 0 Å². The van der Waals surface area contributed by atoms with Crippen LogP contribution in [0.25, 0.3) is 5.69 Å². The quantitative estimate of drug-likeness (QED) is 0.596. The van der Waals surface area contributed by atoms with E-state index in [0.29, 0.717) is 17.4 Å². The van der Waals surface area contributed by atoms with Crippen LogP contribution in [0.5, 0.6) is 5.75 Å². The van der Waals surface area contributed by atoms with Gasteiger partial charge in [-0.05, 0) is 25.5 Å². The van der Waals surface area contributed by atoms with E-state index in [2.05, 4.69) is 9.97 Å². The average Bonchev–Trinajstić information content (AvgIpc) is 2.61. The van der Waals surface area contributed by atoms with Gasteiger partial charge in [-0.1, -0.05) is 23.2 Å². The summed E-state index contributed by atoms with van der Waals surface area (Å²) in [6.45, 7) is 3.16. The van der Waals surface area contributed by atoms with Gasteiger partial charge in [0.15, 0.2) is 5.82 Å². The van der Waals surface area contributed by atoms with Crippen LogP contribution in [0.2, 0.25) is 10.2 Å². The number of pyridine rings is 3. The van der Waals surface area contributed by atoms with E-state index in [-0.39, 0.29) is 28.2 Å². The number of rotatable bonds is 4. The SMILES string of the molecule is Cc1cnc(Cl)cc1-n1c(C)cc(OCc2ncc(F)cc2F)c(Cl)c1=O. The first-order valence-corrected chi connectivity index (χ1v) is 8.51. The van der Waals surface area contributed by atoms with Crippen LogP contribution in [0.15, 0.2) is 35.4 Å². The fourth-order valence-electron chi connectivity index (χ4n) is 2.51. The zero-order chi connectivity index (χ0) is 19.7. The zero-order valence-corrected chi connectivity index (χ0v) is 15.8. The third kappa shape index (κ3) is 3.94. The molecule has 0 radical (unpaired) electrons. The molecule has 0 amide bonds. The van der Waals surface area contributed by atoms with Gasteiger partial charge in [-0.15, -0.1) is 0 Å². The standard InChI is InChI=1S/C18H13Cl2F2N3O2/c1-9-6-24-16(19)5-14(9)25-10(2)3-15(17(20)18(25)26)27-8-13-12(22)4-11(21)7-23-13/h3-7H,8H2,1-2H3. The molecule has 0 aliphatic rings. The van der Waals surface area contributed by atoms with E-state index in [0.717, 1.165) is 11.8 Å². The molecular weight excluding hydrogens is 399 g/mol. The van der Waals surface area contributed by atoms with Gasteiger partial charge >= 0.3 is 0 Å². The third-order valence-electron chi connectivity index (χ3n) is 3.83. The van der Waals surface area contributed by atoms with Crippen molar-refractivity contribution in [3.05, 3.63) is 79.7 Å². The highest BCUT2D eigenvalue weighted by Crippen LogP contribution is 2.26. The van der Waals surface area contributed by atoms with Crippen molar-refractivity contribution in [1.29, 1.82) is 0 Å². The van der Waals surface area contributed by atoms with Crippen molar-refractivity contribution in [2.24, 2.45) is 0 Å². The van der Waals surface area contributed by atoms with Crippen LogP contribution in [0.4, 0.5) is 8.78 Å². The van der Waals surface area contributed by atoms with Gasteiger partial charge in [0.1, 0.15) is 34.0 Å². The summed E-state index contributed by atoms with van der Waals surface area (Å²) in [6.07, 6.45) is 2.42. The van der Waals surface area contributed by atoms with Crippen LogP contribution in [0, 0.1) is 25.5 Å². The highest BCUT2D eigenvalue weighted by Gasteiger charge is 2.16. The first-order chi connectivity index (χ1) is 12.8. The van der Waals surface area contributed by atoms with Crippen molar-refractivity contribution < 1.29 is 13.5 Å². The molecule has 3 rings (SSSR count). The van der Waals surface area contributed by atoms with Gasteiger partial charge in [-0.25, -0.2) is 13.8 Å². The van der Waals surface area contributed by atoms with Crippen molar-refractivity contribution in [1.82, 2.24) is 14.5 Å². The molecule has 0 aromatic carbocycles. The molecule has 0 aliphatic heterocycles. The minimum absolute atomic E-state index is 0.0683. The van der Waals surface area contributed by atoms with E-state index in [1.165, 1.54) is 4.57 Å². The number of hydrogen-bond donors (Lipinski definition) is 0. The Hall–Kier alpha value is -2.51. The summed E-state index contributed by atoms with van der Waals surface area (Å²) < 4.78 is 33.4. The van der Waals surface area contributed by atoms with Gasteiger partial charge in [-0.2, -0.15) is 0 Å². The second kappa shape index (κ2) is 7.62. The monoisotopic (exact) mass is 411 g/mol. The summed E-state index contributed by atoms with van der Waals surface area (Å²) in [7, 11) is 0. The number of halogens is 4. The van der Waals surface area contributed by atoms with Crippen LogP contribution < -0.4 is 10.3 Å². The zero-order valence-electron chi connectivity index (χ0n) is 14.3. The molecule has 0 fully saturated rings.